The van der Waals surface area contributed by atoms with E-state index in [1.807, 2.05) is 24.3 Å². The fourth-order valence-electron chi connectivity index (χ4n) is 2.65. The first-order chi connectivity index (χ1) is 12.5. The van der Waals surface area contributed by atoms with Gasteiger partial charge < -0.3 is 30.4 Å². The van der Waals surface area contributed by atoms with Crippen molar-refractivity contribution >= 4 is 27.3 Å². The number of methoxy groups -OCH3 is 3. The molecule has 0 heterocycles. The second-order valence-corrected chi connectivity index (χ2v) is 6.48. The van der Waals surface area contributed by atoms with Crippen LogP contribution in [0.2, 0.25) is 0 Å². The molecule has 1 atom stereocenters. The maximum Gasteiger partial charge on any atom is 0.144 e. The molecule has 142 valence electrons. The Balaban J connectivity index is 2.41. The van der Waals surface area contributed by atoms with E-state index in [1.54, 1.807) is 27.4 Å². The van der Waals surface area contributed by atoms with E-state index in [2.05, 4.69) is 21.2 Å². The molecule has 0 bridgehead atoms. The minimum Gasteiger partial charge on any atom is -0.497 e. The van der Waals surface area contributed by atoms with Crippen molar-refractivity contribution in [1.82, 2.24) is 0 Å². The molecule has 0 spiro atoms. The minimum absolute atomic E-state index is 0.468. The van der Waals surface area contributed by atoms with Crippen LogP contribution >= 0.6 is 15.9 Å². The summed E-state index contributed by atoms with van der Waals surface area (Å²) in [7, 11) is 4.81. The standard InChI is InChI=1S/C19H25BrN2O4/c1-24-9-8-22-18-15(26-3)11-14(16(20)17(18)21)19(23)12-6-4-5-7-13(10-12)25-2/h4,6-7,10-11,19,22-23H,5,8-9,21H2,1-3H3. The van der Waals surface area contributed by atoms with E-state index in [-0.39, 0.29) is 0 Å². The number of allylic oxidation sites excluding steroid dienone is 3. The maximum absolute atomic E-state index is 10.9. The lowest BCUT2D eigenvalue weighted by Crippen LogP contribution is -2.12. The summed E-state index contributed by atoms with van der Waals surface area (Å²) in [6, 6.07) is 1.77. The van der Waals surface area contributed by atoms with E-state index < -0.39 is 6.10 Å². The van der Waals surface area contributed by atoms with Crippen LogP contribution < -0.4 is 15.8 Å². The lowest BCUT2D eigenvalue weighted by Gasteiger charge is -2.21. The molecule has 7 heteroatoms. The molecule has 0 aliphatic heterocycles. The van der Waals surface area contributed by atoms with E-state index in [9.17, 15) is 5.11 Å². The predicted molar refractivity (Wildman–Crippen MR) is 107 cm³/mol. The van der Waals surface area contributed by atoms with Crippen LogP contribution in [0.5, 0.6) is 5.75 Å². The number of anilines is 2. The molecule has 1 aliphatic carbocycles. The van der Waals surface area contributed by atoms with Gasteiger partial charge in [-0.05, 0) is 46.1 Å². The average Bonchev–Trinajstić information content (AvgIpc) is 2.90. The van der Waals surface area contributed by atoms with Gasteiger partial charge in [0.15, 0.2) is 0 Å². The Kier molecular flexibility index (Phi) is 7.56. The summed E-state index contributed by atoms with van der Waals surface area (Å²) < 4.78 is 16.4. The zero-order chi connectivity index (χ0) is 19.1. The number of benzene rings is 1. The van der Waals surface area contributed by atoms with Gasteiger partial charge in [-0.2, -0.15) is 0 Å². The van der Waals surface area contributed by atoms with Crippen LogP contribution in [-0.2, 0) is 9.47 Å². The lowest BCUT2D eigenvalue weighted by molar-refractivity contribution is 0.210. The number of nitrogens with one attached hydrogen (secondary N) is 1. The molecule has 1 unspecified atom stereocenters. The largest absolute Gasteiger partial charge is 0.497 e. The molecule has 2 rings (SSSR count). The zero-order valence-corrected chi connectivity index (χ0v) is 16.8. The molecule has 1 aromatic carbocycles. The van der Waals surface area contributed by atoms with Crippen molar-refractivity contribution in [2.45, 2.75) is 12.5 Å². The van der Waals surface area contributed by atoms with E-state index in [0.717, 1.165) is 6.42 Å². The van der Waals surface area contributed by atoms with Gasteiger partial charge in [0.1, 0.15) is 23.3 Å². The second kappa shape index (κ2) is 9.66. The number of halogens is 1. The van der Waals surface area contributed by atoms with Gasteiger partial charge in [0.25, 0.3) is 0 Å². The van der Waals surface area contributed by atoms with Crippen LogP contribution in [0.1, 0.15) is 18.1 Å². The molecule has 0 fully saturated rings. The smallest absolute Gasteiger partial charge is 0.144 e. The Hall–Kier alpha value is -1.96. The highest BCUT2D eigenvalue weighted by atomic mass is 79.9. The lowest BCUT2D eigenvalue weighted by atomic mass is 9.99. The highest BCUT2D eigenvalue weighted by molar-refractivity contribution is 9.10. The fraction of sp³-hybridized carbons (Fsp3) is 0.368. The summed E-state index contributed by atoms with van der Waals surface area (Å²) in [6.45, 7) is 1.12. The van der Waals surface area contributed by atoms with Crippen LogP contribution in [-0.4, -0.2) is 39.6 Å². The maximum atomic E-state index is 10.9. The van der Waals surface area contributed by atoms with Crippen LogP contribution in [0, 0.1) is 0 Å². The number of hydrogen-bond donors (Lipinski definition) is 3. The molecule has 0 aromatic heterocycles. The number of aliphatic hydroxyl groups is 1. The van der Waals surface area contributed by atoms with Crippen molar-refractivity contribution in [3.05, 3.63) is 51.7 Å². The normalized spacial score (nSPS) is 15.0. The third-order valence-electron chi connectivity index (χ3n) is 4.04. The third-order valence-corrected chi connectivity index (χ3v) is 4.93. The van der Waals surface area contributed by atoms with E-state index in [0.29, 0.717) is 51.6 Å². The summed E-state index contributed by atoms with van der Waals surface area (Å²) in [4.78, 5) is 0. The number of nitrogen functional groups attached to an aromatic ring is 1. The highest BCUT2D eigenvalue weighted by Crippen LogP contribution is 2.43. The van der Waals surface area contributed by atoms with Gasteiger partial charge in [0, 0.05) is 23.7 Å². The SMILES string of the molecule is COCCNc1c(OC)cc(C(O)C2=CC(OC)=CCC=C2)c(Br)c1N. The Bertz CT molecular complexity index is 729. The van der Waals surface area contributed by atoms with Crippen molar-refractivity contribution in [2.75, 3.05) is 45.5 Å². The Morgan fingerprint density at radius 3 is 2.73 bits per heavy atom. The molecule has 4 N–H and O–H groups in total. The molecule has 0 amide bonds. The number of ether oxygens (including phenoxy) is 3. The second-order valence-electron chi connectivity index (χ2n) is 5.69. The minimum atomic E-state index is -0.887. The first-order valence-electron chi connectivity index (χ1n) is 8.22. The zero-order valence-electron chi connectivity index (χ0n) is 15.2. The van der Waals surface area contributed by atoms with Crippen LogP contribution in [0.15, 0.2) is 46.2 Å². The monoisotopic (exact) mass is 424 g/mol. The Morgan fingerprint density at radius 2 is 2.08 bits per heavy atom. The van der Waals surface area contributed by atoms with Crippen LogP contribution in [0.25, 0.3) is 0 Å². The molecule has 6 nitrogen and oxygen atoms in total. The van der Waals surface area contributed by atoms with Gasteiger partial charge in [0.05, 0.1) is 26.5 Å². The first kappa shape index (κ1) is 20.4. The van der Waals surface area contributed by atoms with Crippen LogP contribution in [0.4, 0.5) is 11.4 Å². The van der Waals surface area contributed by atoms with Gasteiger partial charge in [-0.1, -0.05) is 12.2 Å². The quantitative estimate of drug-likeness (QED) is 0.436. The Morgan fingerprint density at radius 1 is 1.31 bits per heavy atom. The van der Waals surface area contributed by atoms with E-state index in [4.69, 9.17) is 19.9 Å². The van der Waals surface area contributed by atoms with Crippen molar-refractivity contribution in [1.29, 1.82) is 0 Å². The van der Waals surface area contributed by atoms with Gasteiger partial charge >= 0.3 is 0 Å². The highest BCUT2D eigenvalue weighted by Gasteiger charge is 2.22. The summed E-state index contributed by atoms with van der Waals surface area (Å²) in [5.41, 5.74) is 8.73. The summed E-state index contributed by atoms with van der Waals surface area (Å²) >= 11 is 3.51. The van der Waals surface area contributed by atoms with Gasteiger partial charge in [-0.25, -0.2) is 0 Å². The number of rotatable bonds is 8. The number of nitrogens with two attached hydrogens (primary N) is 1. The molecule has 1 aromatic rings. The van der Waals surface area contributed by atoms with Gasteiger partial charge in [-0.3, -0.25) is 0 Å². The number of aliphatic hydroxyl groups excluding tert-OH is 1. The average molecular weight is 425 g/mol. The molecule has 0 radical (unpaired) electrons. The Labute approximate surface area is 162 Å². The topological polar surface area (TPSA) is 86.0 Å². The van der Waals surface area contributed by atoms with Crippen molar-refractivity contribution in [2.24, 2.45) is 0 Å². The predicted octanol–water partition coefficient (Wildman–Crippen LogP) is 3.55. The molecular weight excluding hydrogens is 400 g/mol. The first-order valence-corrected chi connectivity index (χ1v) is 9.01. The molecule has 26 heavy (non-hydrogen) atoms. The molecular formula is C19H25BrN2O4. The third kappa shape index (κ3) is 4.60. The van der Waals surface area contributed by atoms with Gasteiger partial charge in [0.2, 0.25) is 0 Å². The van der Waals surface area contributed by atoms with Crippen molar-refractivity contribution in [3.8, 4) is 5.75 Å². The summed E-state index contributed by atoms with van der Waals surface area (Å²) in [5.74, 6) is 1.26. The number of hydrogen-bond acceptors (Lipinski definition) is 6. The van der Waals surface area contributed by atoms with Gasteiger partial charge in [-0.15, -0.1) is 0 Å². The van der Waals surface area contributed by atoms with Crippen molar-refractivity contribution < 1.29 is 19.3 Å². The summed E-state index contributed by atoms with van der Waals surface area (Å²) in [6.07, 6.45) is 7.46. The molecule has 0 saturated carbocycles. The fourth-order valence-corrected chi connectivity index (χ4v) is 3.18. The van der Waals surface area contributed by atoms with E-state index in [1.165, 1.54) is 0 Å². The molecule has 0 saturated heterocycles. The summed E-state index contributed by atoms with van der Waals surface area (Å²) in [5, 5.41) is 14.1. The van der Waals surface area contributed by atoms with E-state index >= 15 is 0 Å². The van der Waals surface area contributed by atoms with Crippen LogP contribution in [0.3, 0.4) is 0 Å². The van der Waals surface area contributed by atoms with Crippen molar-refractivity contribution in [3.63, 3.8) is 0 Å². The molecule has 1 aliphatic rings.